The van der Waals surface area contributed by atoms with Gasteiger partial charge in [0, 0.05) is 11.8 Å². The highest BCUT2D eigenvalue weighted by molar-refractivity contribution is 8.00. The molecule has 7 heteroatoms. The fourth-order valence-electron chi connectivity index (χ4n) is 3.38. The fourth-order valence-corrected chi connectivity index (χ4v) is 4.16. The number of nitriles is 1. The van der Waals surface area contributed by atoms with Crippen LogP contribution < -0.4 is 14.8 Å². The molecule has 0 unspecified atom stereocenters. The number of aromatic nitrogens is 1. The normalized spacial score (nSPS) is 13.4. The molecule has 1 N–H and O–H groups in total. The Hall–Kier alpha value is -2.72. The molecule has 0 radical (unpaired) electrons. The Balaban J connectivity index is 1.70. The lowest BCUT2D eigenvalue weighted by Crippen LogP contribution is -2.15. The zero-order valence-electron chi connectivity index (χ0n) is 16.8. The van der Waals surface area contributed by atoms with Crippen LogP contribution in [0.1, 0.15) is 42.5 Å². The largest absolute Gasteiger partial charge is 0.497 e. The monoisotopic (exact) mass is 411 g/mol. The second-order valence-electron chi connectivity index (χ2n) is 6.88. The highest BCUT2D eigenvalue weighted by atomic mass is 32.2. The number of ether oxygens (including phenoxy) is 2. The first-order valence-corrected chi connectivity index (χ1v) is 10.7. The number of methoxy groups -OCH3 is 2. The van der Waals surface area contributed by atoms with Crippen LogP contribution in [0.15, 0.2) is 29.3 Å². The zero-order chi connectivity index (χ0) is 20.6. The molecule has 1 aromatic carbocycles. The van der Waals surface area contributed by atoms with Crippen molar-refractivity contribution in [1.82, 2.24) is 4.98 Å². The Bertz CT molecular complexity index is 924. The topological polar surface area (TPSA) is 84.2 Å². The molecule has 1 aliphatic rings. The average Bonchev–Trinajstić information content (AvgIpc) is 2.73. The number of nitrogens with one attached hydrogen (secondary N) is 1. The maximum atomic E-state index is 12.5. The van der Waals surface area contributed by atoms with Gasteiger partial charge in [0.05, 0.1) is 31.2 Å². The molecule has 3 rings (SSSR count). The third-order valence-electron chi connectivity index (χ3n) is 4.91. The smallest absolute Gasteiger partial charge is 0.234 e. The molecule has 6 nitrogen and oxygen atoms in total. The van der Waals surface area contributed by atoms with Gasteiger partial charge in [0.1, 0.15) is 22.6 Å². The van der Waals surface area contributed by atoms with Crippen LogP contribution in [0.4, 0.5) is 5.69 Å². The molecule has 0 atom stereocenters. The zero-order valence-corrected chi connectivity index (χ0v) is 17.6. The van der Waals surface area contributed by atoms with E-state index in [1.165, 1.54) is 30.2 Å². The van der Waals surface area contributed by atoms with Crippen molar-refractivity contribution in [2.24, 2.45) is 0 Å². The minimum atomic E-state index is -0.184. The van der Waals surface area contributed by atoms with Crippen LogP contribution in [-0.2, 0) is 17.6 Å². The van der Waals surface area contributed by atoms with Crippen molar-refractivity contribution in [3.05, 3.63) is 41.1 Å². The molecule has 1 aliphatic carbocycles. The third-order valence-corrected chi connectivity index (χ3v) is 5.90. The van der Waals surface area contributed by atoms with Gasteiger partial charge in [0.25, 0.3) is 0 Å². The van der Waals surface area contributed by atoms with E-state index in [0.717, 1.165) is 31.4 Å². The number of thioether (sulfide) groups is 1. The van der Waals surface area contributed by atoms with Gasteiger partial charge in [0.15, 0.2) is 0 Å². The summed E-state index contributed by atoms with van der Waals surface area (Å²) in [5.74, 6) is 1.16. The van der Waals surface area contributed by atoms with Crippen LogP contribution in [-0.4, -0.2) is 30.9 Å². The van der Waals surface area contributed by atoms with Gasteiger partial charge in [-0.25, -0.2) is 4.98 Å². The molecule has 152 valence electrons. The minimum absolute atomic E-state index is 0.162. The summed E-state index contributed by atoms with van der Waals surface area (Å²) < 4.78 is 10.5. The van der Waals surface area contributed by atoms with E-state index in [0.29, 0.717) is 27.8 Å². The van der Waals surface area contributed by atoms with Gasteiger partial charge in [-0.2, -0.15) is 5.26 Å². The number of pyridine rings is 1. The van der Waals surface area contributed by atoms with Crippen molar-refractivity contribution in [2.75, 3.05) is 25.3 Å². The van der Waals surface area contributed by atoms with Crippen molar-refractivity contribution in [3.8, 4) is 17.6 Å². The minimum Gasteiger partial charge on any atom is -0.497 e. The van der Waals surface area contributed by atoms with Crippen molar-refractivity contribution in [2.45, 2.75) is 43.6 Å². The third kappa shape index (κ3) is 5.42. The van der Waals surface area contributed by atoms with E-state index in [1.807, 2.05) is 6.07 Å². The van der Waals surface area contributed by atoms with Crippen LogP contribution >= 0.6 is 11.8 Å². The molecule has 29 heavy (non-hydrogen) atoms. The number of amides is 1. The van der Waals surface area contributed by atoms with Gasteiger partial charge in [-0.3, -0.25) is 4.79 Å². The van der Waals surface area contributed by atoms with Crippen LogP contribution in [0.2, 0.25) is 0 Å². The highest BCUT2D eigenvalue weighted by Gasteiger charge is 2.16. The van der Waals surface area contributed by atoms with Gasteiger partial charge in [-0.05, 0) is 49.4 Å². The molecule has 1 amide bonds. The Kier molecular flexibility index (Phi) is 7.36. The van der Waals surface area contributed by atoms with Gasteiger partial charge in [-0.1, -0.05) is 24.6 Å². The number of hydrogen-bond donors (Lipinski definition) is 1. The summed E-state index contributed by atoms with van der Waals surface area (Å²) in [6.07, 6.45) is 6.61. The van der Waals surface area contributed by atoms with Crippen LogP contribution in [0.3, 0.4) is 0 Å². The summed E-state index contributed by atoms with van der Waals surface area (Å²) >= 11 is 1.29. The van der Waals surface area contributed by atoms with E-state index in [2.05, 4.69) is 11.4 Å². The molecule has 0 bridgehead atoms. The summed E-state index contributed by atoms with van der Waals surface area (Å²) in [5, 5.41) is 13.0. The highest BCUT2D eigenvalue weighted by Crippen LogP contribution is 2.30. The van der Waals surface area contributed by atoms with Gasteiger partial charge >= 0.3 is 0 Å². The first-order valence-electron chi connectivity index (χ1n) is 9.72. The summed E-state index contributed by atoms with van der Waals surface area (Å²) in [4.78, 5) is 17.2. The van der Waals surface area contributed by atoms with Gasteiger partial charge in [-0.15, -0.1) is 0 Å². The lowest BCUT2D eigenvalue weighted by atomic mass is 9.96. The molecular formula is C22H25N3O3S. The molecule has 1 aromatic heterocycles. The summed E-state index contributed by atoms with van der Waals surface area (Å²) in [5.41, 5.74) is 3.37. The van der Waals surface area contributed by atoms with Crippen LogP contribution in [0, 0.1) is 11.3 Å². The summed E-state index contributed by atoms with van der Waals surface area (Å²) in [6.45, 7) is 0. The summed E-state index contributed by atoms with van der Waals surface area (Å²) in [6, 6.07) is 9.41. The van der Waals surface area contributed by atoms with Gasteiger partial charge < -0.3 is 14.8 Å². The van der Waals surface area contributed by atoms with Gasteiger partial charge in [0.2, 0.25) is 5.91 Å². The number of carbonyl (C=O) groups is 1. The number of benzene rings is 1. The maximum absolute atomic E-state index is 12.5. The van der Waals surface area contributed by atoms with E-state index in [9.17, 15) is 10.1 Å². The molecule has 1 heterocycles. The van der Waals surface area contributed by atoms with E-state index >= 15 is 0 Å². The Labute approximate surface area is 175 Å². The van der Waals surface area contributed by atoms with E-state index in [-0.39, 0.29) is 11.7 Å². The second-order valence-corrected chi connectivity index (χ2v) is 7.84. The summed E-state index contributed by atoms with van der Waals surface area (Å²) in [7, 11) is 3.12. The molecule has 0 spiro atoms. The van der Waals surface area contributed by atoms with E-state index in [1.54, 1.807) is 32.4 Å². The fraction of sp³-hybridized carbons (Fsp3) is 0.409. The van der Waals surface area contributed by atoms with E-state index in [4.69, 9.17) is 14.5 Å². The second kappa shape index (κ2) is 10.2. The molecule has 0 saturated carbocycles. The number of nitrogens with zero attached hydrogens (tertiary/aromatic N) is 2. The Morgan fingerprint density at radius 1 is 1.17 bits per heavy atom. The Morgan fingerprint density at radius 2 is 1.97 bits per heavy atom. The van der Waals surface area contributed by atoms with E-state index < -0.39 is 0 Å². The number of anilines is 1. The van der Waals surface area contributed by atoms with Crippen molar-refractivity contribution in [1.29, 1.82) is 5.26 Å². The Morgan fingerprint density at radius 3 is 2.69 bits per heavy atom. The standard InChI is InChI=1S/C22H25N3O3S/c1-27-17-9-10-19(20(12-17)28-2)24-21(26)14-29-22-16(13-23)11-15-7-5-3-4-6-8-18(15)25-22/h9-12H,3-8,14H2,1-2H3,(H,24,26). The number of rotatable bonds is 6. The number of aryl methyl sites for hydroxylation is 2. The predicted molar refractivity (Wildman–Crippen MR) is 114 cm³/mol. The first kappa shape index (κ1) is 21.0. The molecule has 2 aromatic rings. The number of fused-ring (bicyclic) bond motifs is 1. The van der Waals surface area contributed by atoms with Crippen molar-refractivity contribution < 1.29 is 14.3 Å². The molecule has 0 fully saturated rings. The van der Waals surface area contributed by atoms with Crippen LogP contribution in [0.25, 0.3) is 0 Å². The lowest BCUT2D eigenvalue weighted by Gasteiger charge is -2.15. The molecular weight excluding hydrogens is 386 g/mol. The number of hydrogen-bond acceptors (Lipinski definition) is 6. The van der Waals surface area contributed by atoms with Crippen LogP contribution in [0.5, 0.6) is 11.5 Å². The maximum Gasteiger partial charge on any atom is 0.234 e. The van der Waals surface area contributed by atoms with Crippen molar-refractivity contribution in [3.63, 3.8) is 0 Å². The first-order chi connectivity index (χ1) is 14.1. The number of carbonyl (C=O) groups excluding carboxylic acids is 1. The molecule has 0 aliphatic heterocycles. The average molecular weight is 412 g/mol. The predicted octanol–water partition coefficient (Wildman–Crippen LogP) is 4.36. The lowest BCUT2D eigenvalue weighted by molar-refractivity contribution is -0.113. The SMILES string of the molecule is COc1ccc(NC(=O)CSc2nc3c(cc2C#N)CCCCCC3)c(OC)c1. The molecule has 0 saturated heterocycles. The quantitative estimate of drug-likeness (QED) is 0.711. The van der Waals surface area contributed by atoms with Crippen molar-refractivity contribution >= 4 is 23.4 Å².